The van der Waals surface area contributed by atoms with Gasteiger partial charge in [-0.1, -0.05) is 35.5 Å². The second-order valence-corrected chi connectivity index (χ2v) is 7.83. The van der Waals surface area contributed by atoms with E-state index in [0.29, 0.717) is 13.2 Å². The van der Waals surface area contributed by atoms with Crippen molar-refractivity contribution in [3.8, 4) is 5.75 Å². The highest BCUT2D eigenvalue weighted by Crippen LogP contribution is 2.17. The number of hydrogen-bond acceptors (Lipinski definition) is 6. The zero-order valence-corrected chi connectivity index (χ0v) is 17.8. The summed E-state index contributed by atoms with van der Waals surface area (Å²) in [5.74, 6) is 1.61. The van der Waals surface area contributed by atoms with Crippen molar-refractivity contribution in [2.75, 3.05) is 38.0 Å². The van der Waals surface area contributed by atoms with Crippen LogP contribution in [0.3, 0.4) is 0 Å². The van der Waals surface area contributed by atoms with Gasteiger partial charge in [0.25, 0.3) is 0 Å². The number of amides is 1. The van der Waals surface area contributed by atoms with E-state index in [4.69, 9.17) is 9.26 Å². The Morgan fingerprint density at radius 2 is 1.74 bits per heavy atom. The topological polar surface area (TPSA) is 70.8 Å². The van der Waals surface area contributed by atoms with Gasteiger partial charge in [0.1, 0.15) is 18.1 Å². The van der Waals surface area contributed by atoms with Gasteiger partial charge in [-0.15, -0.1) is 0 Å². The number of benzene rings is 2. The molecule has 1 aliphatic heterocycles. The maximum atomic E-state index is 12.4. The molecular weight excluding hydrogens is 392 g/mol. The van der Waals surface area contributed by atoms with Crippen LogP contribution in [0.1, 0.15) is 17.0 Å². The maximum absolute atomic E-state index is 12.4. The fourth-order valence-corrected chi connectivity index (χ4v) is 3.61. The fourth-order valence-electron chi connectivity index (χ4n) is 3.61. The van der Waals surface area contributed by atoms with Gasteiger partial charge < -0.3 is 14.6 Å². The number of hydrogen-bond donors (Lipinski definition) is 1. The van der Waals surface area contributed by atoms with E-state index in [2.05, 4.69) is 20.3 Å². The molecule has 0 saturated carbocycles. The van der Waals surface area contributed by atoms with Crippen molar-refractivity contribution in [3.63, 3.8) is 0 Å². The Hall–Kier alpha value is -3.16. The third kappa shape index (κ3) is 6.41. The normalized spacial score (nSPS) is 15.0. The molecule has 31 heavy (non-hydrogen) atoms. The summed E-state index contributed by atoms with van der Waals surface area (Å²) in [5.41, 5.74) is 2.85. The number of carbonyl (C=O) groups excluding carboxylic acids is 1. The lowest BCUT2D eigenvalue weighted by molar-refractivity contribution is -0.117. The molecule has 1 fully saturated rings. The van der Waals surface area contributed by atoms with Crippen molar-refractivity contribution in [2.24, 2.45) is 0 Å². The molecule has 4 rings (SSSR count). The van der Waals surface area contributed by atoms with Crippen molar-refractivity contribution in [3.05, 3.63) is 77.7 Å². The first-order valence-corrected chi connectivity index (χ1v) is 10.6. The predicted octanol–water partition coefficient (Wildman–Crippen LogP) is 3.32. The minimum absolute atomic E-state index is 0.00136. The molecule has 0 spiro atoms. The van der Waals surface area contributed by atoms with E-state index < -0.39 is 0 Å². The summed E-state index contributed by atoms with van der Waals surface area (Å²) in [5, 5.41) is 7.03. The lowest BCUT2D eigenvalue weighted by Crippen LogP contribution is -2.48. The first kappa shape index (κ1) is 21.1. The number of nitrogens with one attached hydrogen (secondary N) is 1. The van der Waals surface area contributed by atoms with Gasteiger partial charge in [0.05, 0.1) is 12.2 Å². The van der Waals surface area contributed by atoms with Gasteiger partial charge in [0.2, 0.25) is 5.91 Å². The number of aryl methyl sites for hydroxylation is 1. The van der Waals surface area contributed by atoms with Crippen LogP contribution in [-0.2, 0) is 17.9 Å². The molecular formula is C24H28N4O3. The van der Waals surface area contributed by atoms with Crippen LogP contribution >= 0.6 is 0 Å². The molecule has 0 atom stereocenters. The van der Waals surface area contributed by atoms with E-state index in [-0.39, 0.29) is 5.91 Å². The highest BCUT2D eigenvalue weighted by Gasteiger charge is 2.20. The van der Waals surface area contributed by atoms with Crippen LogP contribution in [-0.4, -0.2) is 53.6 Å². The smallest absolute Gasteiger partial charge is 0.238 e. The van der Waals surface area contributed by atoms with Gasteiger partial charge in [0.15, 0.2) is 0 Å². The van der Waals surface area contributed by atoms with E-state index in [1.807, 2.05) is 67.6 Å². The molecule has 0 bridgehead atoms. The van der Waals surface area contributed by atoms with Crippen LogP contribution in [0, 0.1) is 6.92 Å². The van der Waals surface area contributed by atoms with Crippen molar-refractivity contribution in [1.29, 1.82) is 0 Å². The first-order chi connectivity index (χ1) is 15.1. The van der Waals surface area contributed by atoms with Crippen LogP contribution in [0.4, 0.5) is 5.69 Å². The molecule has 1 aromatic heterocycles. The molecule has 0 unspecified atom stereocenters. The predicted molar refractivity (Wildman–Crippen MR) is 119 cm³/mol. The van der Waals surface area contributed by atoms with Gasteiger partial charge in [-0.25, -0.2) is 0 Å². The highest BCUT2D eigenvalue weighted by atomic mass is 16.5. The van der Waals surface area contributed by atoms with Gasteiger partial charge in [0, 0.05) is 44.5 Å². The summed E-state index contributed by atoms with van der Waals surface area (Å²) in [6.45, 7) is 7.14. The Labute approximate surface area is 182 Å². The Balaban J connectivity index is 1.17. The Kier molecular flexibility index (Phi) is 6.96. The molecule has 1 saturated heterocycles. The fraction of sp³-hybridized carbons (Fsp3) is 0.333. The number of anilines is 1. The first-order valence-electron chi connectivity index (χ1n) is 10.6. The summed E-state index contributed by atoms with van der Waals surface area (Å²) in [6, 6.07) is 19.5. The molecule has 162 valence electrons. The lowest BCUT2D eigenvalue weighted by Gasteiger charge is -2.33. The molecule has 7 heteroatoms. The SMILES string of the molecule is Cc1cc(CN2CCN(CC(=O)Nc3ccc(OCc4ccccc4)cc3)CC2)no1. The summed E-state index contributed by atoms with van der Waals surface area (Å²) >= 11 is 0. The molecule has 3 aromatic rings. The van der Waals surface area contributed by atoms with E-state index in [9.17, 15) is 4.79 Å². The van der Waals surface area contributed by atoms with E-state index >= 15 is 0 Å². The molecule has 7 nitrogen and oxygen atoms in total. The Bertz CT molecular complexity index is 964. The number of piperazine rings is 1. The van der Waals surface area contributed by atoms with Crippen LogP contribution in [0.2, 0.25) is 0 Å². The molecule has 0 aliphatic carbocycles. The monoisotopic (exact) mass is 420 g/mol. The third-order valence-electron chi connectivity index (χ3n) is 5.28. The van der Waals surface area contributed by atoms with E-state index in [1.165, 1.54) is 0 Å². The van der Waals surface area contributed by atoms with E-state index in [1.54, 1.807) is 0 Å². The quantitative estimate of drug-likeness (QED) is 0.603. The molecule has 1 aliphatic rings. The van der Waals surface area contributed by atoms with Crippen molar-refractivity contribution in [2.45, 2.75) is 20.1 Å². The van der Waals surface area contributed by atoms with Gasteiger partial charge in [-0.3, -0.25) is 14.6 Å². The van der Waals surface area contributed by atoms with Crippen molar-refractivity contribution in [1.82, 2.24) is 15.0 Å². The Morgan fingerprint density at radius 3 is 2.42 bits per heavy atom. The average Bonchev–Trinajstić information content (AvgIpc) is 3.20. The van der Waals surface area contributed by atoms with Crippen LogP contribution < -0.4 is 10.1 Å². The number of nitrogens with zero attached hydrogens (tertiary/aromatic N) is 3. The zero-order valence-electron chi connectivity index (χ0n) is 17.8. The number of rotatable bonds is 8. The number of aromatic nitrogens is 1. The van der Waals surface area contributed by atoms with Crippen molar-refractivity contribution >= 4 is 11.6 Å². The van der Waals surface area contributed by atoms with Gasteiger partial charge >= 0.3 is 0 Å². The number of carbonyl (C=O) groups is 1. The highest BCUT2D eigenvalue weighted by molar-refractivity contribution is 5.92. The summed E-state index contributed by atoms with van der Waals surface area (Å²) in [6.07, 6.45) is 0. The second-order valence-electron chi connectivity index (χ2n) is 7.83. The van der Waals surface area contributed by atoms with Crippen LogP contribution in [0.25, 0.3) is 0 Å². The van der Waals surface area contributed by atoms with E-state index in [0.717, 1.165) is 61.2 Å². The largest absolute Gasteiger partial charge is 0.489 e. The zero-order chi connectivity index (χ0) is 21.5. The maximum Gasteiger partial charge on any atom is 0.238 e. The standard InChI is InChI=1S/C24H28N4O3/c1-19-15-22(26-31-19)16-27-11-13-28(14-12-27)17-24(29)25-21-7-9-23(10-8-21)30-18-20-5-3-2-4-6-20/h2-10,15H,11-14,16-18H2,1H3,(H,25,29). The van der Waals surface area contributed by atoms with Gasteiger partial charge in [-0.2, -0.15) is 0 Å². The summed E-state index contributed by atoms with van der Waals surface area (Å²) < 4.78 is 10.9. The van der Waals surface area contributed by atoms with Gasteiger partial charge in [-0.05, 0) is 36.8 Å². The minimum atomic E-state index is -0.00136. The minimum Gasteiger partial charge on any atom is -0.489 e. The lowest BCUT2D eigenvalue weighted by atomic mass is 10.2. The Morgan fingerprint density at radius 1 is 1.03 bits per heavy atom. The van der Waals surface area contributed by atoms with Crippen LogP contribution in [0.15, 0.2) is 65.2 Å². The number of ether oxygens (including phenoxy) is 1. The third-order valence-corrected chi connectivity index (χ3v) is 5.28. The summed E-state index contributed by atoms with van der Waals surface area (Å²) in [4.78, 5) is 16.9. The second kappa shape index (κ2) is 10.2. The van der Waals surface area contributed by atoms with Crippen molar-refractivity contribution < 1.29 is 14.1 Å². The molecule has 2 aromatic carbocycles. The molecule has 1 N–H and O–H groups in total. The van der Waals surface area contributed by atoms with Crippen LogP contribution in [0.5, 0.6) is 5.75 Å². The average molecular weight is 421 g/mol. The molecule has 0 radical (unpaired) electrons. The molecule has 1 amide bonds. The molecule has 2 heterocycles. The summed E-state index contributed by atoms with van der Waals surface area (Å²) in [7, 11) is 0.